The van der Waals surface area contributed by atoms with Crippen LogP contribution in [0.15, 0.2) is 53.2 Å². The van der Waals surface area contributed by atoms with Crippen LogP contribution in [-0.4, -0.2) is 83.7 Å². The van der Waals surface area contributed by atoms with E-state index in [1.165, 1.54) is 36.4 Å². The molecule has 1 atom stereocenters. The minimum Gasteiger partial charge on any atom is -0.496 e. The number of amides is 2. The van der Waals surface area contributed by atoms with E-state index in [2.05, 4.69) is 9.97 Å². The molecule has 0 saturated carbocycles. The van der Waals surface area contributed by atoms with Crippen molar-refractivity contribution < 1.29 is 37.0 Å². The standard InChI is InChI=1S/C33H33F2N5O6/c1-32(2,3)46-31(42)40-12-10-28(33(34,35)18-40)44-25-8-7-19(13-20(25)16-36)21-9-11-37-23-14-27(45-29(21)23)22-17-38-24(15-26(22)43-6)30(41)39(4)5/h7-9,11,13-15,17,28H,10,12,18H2,1-6H3. The van der Waals surface area contributed by atoms with Crippen LogP contribution in [0.1, 0.15) is 43.2 Å². The molecule has 1 aliphatic heterocycles. The number of piperidine rings is 1. The van der Waals surface area contributed by atoms with Gasteiger partial charge in [-0.25, -0.2) is 13.6 Å². The number of furan rings is 1. The molecule has 1 saturated heterocycles. The predicted molar refractivity (Wildman–Crippen MR) is 164 cm³/mol. The van der Waals surface area contributed by atoms with Crippen molar-refractivity contribution in [1.82, 2.24) is 19.8 Å². The molecule has 4 aromatic rings. The fourth-order valence-electron chi connectivity index (χ4n) is 5.02. The molecular formula is C33H33F2N5O6. The highest BCUT2D eigenvalue weighted by atomic mass is 19.3. The van der Waals surface area contributed by atoms with E-state index in [1.54, 1.807) is 59.3 Å². The number of ether oxygens (including phenoxy) is 3. The van der Waals surface area contributed by atoms with Crippen LogP contribution in [0, 0.1) is 11.3 Å². The van der Waals surface area contributed by atoms with Crippen molar-refractivity contribution in [2.75, 3.05) is 34.3 Å². The number of carbonyl (C=O) groups is 2. The van der Waals surface area contributed by atoms with Crippen molar-refractivity contribution in [3.8, 4) is 40.0 Å². The average Bonchev–Trinajstić information content (AvgIpc) is 3.44. The maximum atomic E-state index is 15.1. The summed E-state index contributed by atoms with van der Waals surface area (Å²) in [7, 11) is 4.72. The second kappa shape index (κ2) is 12.3. The zero-order valence-electron chi connectivity index (χ0n) is 26.3. The van der Waals surface area contributed by atoms with Gasteiger partial charge in [0.15, 0.2) is 11.7 Å². The van der Waals surface area contributed by atoms with E-state index < -0.39 is 30.3 Å². The van der Waals surface area contributed by atoms with E-state index >= 15 is 8.78 Å². The fourth-order valence-corrected chi connectivity index (χ4v) is 5.02. The van der Waals surface area contributed by atoms with Gasteiger partial charge in [-0.2, -0.15) is 5.26 Å². The minimum atomic E-state index is -3.38. The number of nitrogens with zero attached hydrogens (tertiary/aromatic N) is 5. The molecule has 240 valence electrons. The third-order valence-corrected chi connectivity index (χ3v) is 7.25. The van der Waals surface area contributed by atoms with Gasteiger partial charge in [0.25, 0.3) is 5.91 Å². The maximum absolute atomic E-state index is 15.1. The number of nitriles is 1. The van der Waals surface area contributed by atoms with Crippen LogP contribution in [-0.2, 0) is 4.74 Å². The van der Waals surface area contributed by atoms with Crippen molar-refractivity contribution in [1.29, 1.82) is 5.26 Å². The number of rotatable bonds is 6. The molecule has 46 heavy (non-hydrogen) atoms. The smallest absolute Gasteiger partial charge is 0.410 e. The topological polar surface area (TPSA) is 131 Å². The molecule has 0 radical (unpaired) electrons. The van der Waals surface area contributed by atoms with E-state index in [-0.39, 0.29) is 35.9 Å². The first kappa shape index (κ1) is 32.2. The first-order valence-electron chi connectivity index (χ1n) is 14.4. The summed E-state index contributed by atoms with van der Waals surface area (Å²) in [6, 6.07) is 11.6. The number of likely N-dealkylation sites (tertiary alicyclic amines) is 1. The summed E-state index contributed by atoms with van der Waals surface area (Å²) in [5.74, 6) is -2.90. The van der Waals surface area contributed by atoms with Crippen molar-refractivity contribution in [3.63, 3.8) is 0 Å². The molecule has 3 aromatic heterocycles. The zero-order valence-corrected chi connectivity index (χ0v) is 26.3. The Bertz CT molecular complexity index is 1840. The molecule has 1 fully saturated rings. The highest BCUT2D eigenvalue weighted by Gasteiger charge is 2.48. The lowest BCUT2D eigenvalue weighted by atomic mass is 10.0. The van der Waals surface area contributed by atoms with Crippen LogP contribution >= 0.6 is 0 Å². The van der Waals surface area contributed by atoms with Gasteiger partial charge in [-0.3, -0.25) is 14.8 Å². The number of hydrogen-bond acceptors (Lipinski definition) is 9. The molecule has 11 nitrogen and oxygen atoms in total. The monoisotopic (exact) mass is 633 g/mol. The molecule has 4 heterocycles. The summed E-state index contributed by atoms with van der Waals surface area (Å²) >= 11 is 0. The first-order valence-corrected chi connectivity index (χ1v) is 14.4. The zero-order chi connectivity index (χ0) is 33.4. The Morgan fingerprint density at radius 3 is 2.52 bits per heavy atom. The van der Waals surface area contributed by atoms with E-state index in [0.29, 0.717) is 39.3 Å². The normalized spacial score (nSPS) is 16.1. The average molecular weight is 634 g/mol. The van der Waals surface area contributed by atoms with Crippen LogP contribution in [0.25, 0.3) is 33.6 Å². The molecule has 0 spiro atoms. The number of halogens is 2. The van der Waals surface area contributed by atoms with Gasteiger partial charge in [0.05, 0.1) is 24.8 Å². The molecule has 5 rings (SSSR count). The van der Waals surface area contributed by atoms with E-state index in [4.69, 9.17) is 18.6 Å². The maximum Gasteiger partial charge on any atom is 0.410 e. The Kier molecular flexibility index (Phi) is 8.58. The minimum absolute atomic E-state index is 0.00440. The molecule has 1 aromatic carbocycles. The van der Waals surface area contributed by atoms with Crippen molar-refractivity contribution >= 4 is 23.1 Å². The van der Waals surface area contributed by atoms with Gasteiger partial charge in [0, 0.05) is 57.2 Å². The number of fused-ring (bicyclic) bond motifs is 1. The molecule has 0 aliphatic carbocycles. The molecule has 13 heteroatoms. The number of benzene rings is 1. The Balaban J connectivity index is 1.41. The van der Waals surface area contributed by atoms with Crippen molar-refractivity contribution in [3.05, 3.63) is 60.0 Å². The third kappa shape index (κ3) is 6.56. The van der Waals surface area contributed by atoms with Gasteiger partial charge >= 0.3 is 12.0 Å². The van der Waals surface area contributed by atoms with E-state index in [9.17, 15) is 14.9 Å². The largest absolute Gasteiger partial charge is 0.496 e. The van der Waals surface area contributed by atoms with E-state index in [0.717, 1.165) is 4.90 Å². The molecule has 0 bridgehead atoms. The summed E-state index contributed by atoms with van der Waals surface area (Å²) in [5, 5.41) is 9.92. The predicted octanol–water partition coefficient (Wildman–Crippen LogP) is 6.16. The summed E-state index contributed by atoms with van der Waals surface area (Å²) < 4.78 is 52.9. The van der Waals surface area contributed by atoms with Crippen LogP contribution in [0.5, 0.6) is 11.5 Å². The van der Waals surface area contributed by atoms with Crippen molar-refractivity contribution in [2.45, 2.75) is 44.8 Å². The molecule has 1 aliphatic rings. The molecule has 0 N–H and O–H groups in total. The second-order valence-corrected chi connectivity index (χ2v) is 12.0. The molecule has 1 unspecified atom stereocenters. The van der Waals surface area contributed by atoms with Gasteiger partial charge in [-0.05, 0) is 44.5 Å². The number of carbonyl (C=O) groups excluding carboxylic acids is 2. The fraction of sp³-hybridized carbons (Fsp3) is 0.364. The number of alkyl halides is 2. The highest BCUT2D eigenvalue weighted by molar-refractivity contribution is 5.95. The summed E-state index contributed by atoms with van der Waals surface area (Å²) in [6.07, 6.45) is 0.555. The third-order valence-electron chi connectivity index (χ3n) is 7.25. The van der Waals surface area contributed by atoms with Gasteiger partial charge < -0.3 is 28.4 Å². The second-order valence-electron chi connectivity index (χ2n) is 12.0. The Morgan fingerprint density at radius 1 is 1.11 bits per heavy atom. The summed E-state index contributed by atoms with van der Waals surface area (Å²) in [4.78, 5) is 35.8. The Hall–Kier alpha value is -5.25. The number of hydrogen-bond donors (Lipinski definition) is 0. The number of aromatic nitrogens is 2. The molecular weight excluding hydrogens is 600 g/mol. The highest BCUT2D eigenvalue weighted by Crippen LogP contribution is 2.39. The SMILES string of the molecule is COc1cc(C(=O)N(C)C)ncc1-c1cc2nccc(-c3ccc(OC4CCN(C(=O)OC(C)(C)C)CC4(F)F)c(C#N)c3)c2o1. The van der Waals surface area contributed by atoms with Crippen LogP contribution in [0.3, 0.4) is 0 Å². The molecule has 2 amide bonds. The Morgan fingerprint density at radius 2 is 1.87 bits per heavy atom. The Labute approximate surface area is 264 Å². The van der Waals surface area contributed by atoms with Crippen LogP contribution in [0.4, 0.5) is 13.6 Å². The van der Waals surface area contributed by atoms with Crippen LogP contribution < -0.4 is 9.47 Å². The van der Waals surface area contributed by atoms with E-state index in [1.807, 2.05) is 6.07 Å². The van der Waals surface area contributed by atoms with Crippen LogP contribution in [0.2, 0.25) is 0 Å². The quantitative estimate of drug-likeness (QED) is 0.245. The lowest BCUT2D eigenvalue weighted by molar-refractivity contribution is -0.137. The summed E-state index contributed by atoms with van der Waals surface area (Å²) in [6.45, 7) is 4.14. The number of pyridine rings is 2. The van der Waals surface area contributed by atoms with Gasteiger partial charge in [0.1, 0.15) is 40.1 Å². The van der Waals surface area contributed by atoms with Gasteiger partial charge in [-0.15, -0.1) is 0 Å². The lowest BCUT2D eigenvalue weighted by Crippen LogP contribution is -2.56. The van der Waals surface area contributed by atoms with Crippen molar-refractivity contribution in [2.24, 2.45) is 0 Å². The number of methoxy groups -OCH3 is 1. The first-order chi connectivity index (χ1) is 21.7. The lowest BCUT2D eigenvalue weighted by Gasteiger charge is -2.38. The summed E-state index contributed by atoms with van der Waals surface area (Å²) in [5.41, 5.74) is 2.03. The van der Waals surface area contributed by atoms with Gasteiger partial charge in [-0.1, -0.05) is 6.07 Å². The van der Waals surface area contributed by atoms with Gasteiger partial charge in [0.2, 0.25) is 0 Å².